The molecule has 0 amide bonds. The van der Waals surface area contributed by atoms with Crippen molar-refractivity contribution in [1.29, 1.82) is 0 Å². The van der Waals surface area contributed by atoms with E-state index < -0.39 is 0 Å². The van der Waals surface area contributed by atoms with Gasteiger partial charge in [0.2, 0.25) is 0 Å². The van der Waals surface area contributed by atoms with Crippen molar-refractivity contribution in [3.63, 3.8) is 0 Å². The van der Waals surface area contributed by atoms with Crippen molar-refractivity contribution >= 4 is 27.8 Å². The van der Waals surface area contributed by atoms with Gasteiger partial charge in [0.05, 0.1) is 12.7 Å². The fourth-order valence-electron chi connectivity index (χ4n) is 2.21. The zero-order valence-corrected chi connectivity index (χ0v) is 13.0. The van der Waals surface area contributed by atoms with Gasteiger partial charge in [-0.25, -0.2) is 0 Å². The fraction of sp³-hybridized carbons (Fsp3) is 0.118. The van der Waals surface area contributed by atoms with Crippen LogP contribution in [-0.2, 0) is 0 Å². The SMILES string of the molecule is COc1ccc(/C=C2\COc3ccc(Br)cc3C2=O)cc1. The highest BCUT2D eigenvalue weighted by molar-refractivity contribution is 9.10. The molecule has 3 nitrogen and oxygen atoms in total. The Morgan fingerprint density at radius 1 is 1.19 bits per heavy atom. The standard InChI is InChI=1S/C17H13BrO3/c1-20-14-5-2-11(3-6-14)8-12-10-21-16-7-4-13(18)9-15(16)17(12)19/h2-9H,10H2,1H3/b12-8+. The molecule has 0 saturated carbocycles. The summed E-state index contributed by atoms with van der Waals surface area (Å²) in [7, 11) is 1.63. The predicted molar refractivity (Wildman–Crippen MR) is 84.9 cm³/mol. The Kier molecular flexibility index (Phi) is 3.80. The van der Waals surface area contributed by atoms with E-state index in [1.54, 1.807) is 13.2 Å². The highest BCUT2D eigenvalue weighted by atomic mass is 79.9. The monoisotopic (exact) mass is 344 g/mol. The lowest BCUT2D eigenvalue weighted by Gasteiger charge is -2.19. The van der Waals surface area contributed by atoms with E-state index in [0.29, 0.717) is 23.5 Å². The molecule has 0 aromatic heterocycles. The number of fused-ring (bicyclic) bond motifs is 1. The van der Waals surface area contributed by atoms with E-state index >= 15 is 0 Å². The van der Waals surface area contributed by atoms with E-state index in [2.05, 4.69) is 15.9 Å². The second-order valence-electron chi connectivity index (χ2n) is 4.70. The largest absolute Gasteiger partial charge is 0.497 e. The van der Waals surface area contributed by atoms with E-state index in [1.165, 1.54) is 0 Å². The first-order chi connectivity index (χ1) is 10.2. The van der Waals surface area contributed by atoms with Crippen molar-refractivity contribution in [3.05, 3.63) is 63.6 Å². The fourth-order valence-corrected chi connectivity index (χ4v) is 2.57. The molecule has 0 atom stereocenters. The van der Waals surface area contributed by atoms with Gasteiger partial charge >= 0.3 is 0 Å². The Morgan fingerprint density at radius 3 is 2.67 bits per heavy atom. The van der Waals surface area contributed by atoms with E-state index in [9.17, 15) is 4.79 Å². The minimum Gasteiger partial charge on any atom is -0.497 e. The smallest absolute Gasteiger partial charge is 0.196 e. The lowest BCUT2D eigenvalue weighted by atomic mass is 9.98. The summed E-state index contributed by atoms with van der Waals surface area (Å²) >= 11 is 3.38. The molecule has 106 valence electrons. The Bertz CT molecular complexity index is 717. The van der Waals surface area contributed by atoms with Gasteiger partial charge in [0, 0.05) is 10.0 Å². The number of benzene rings is 2. The number of carbonyl (C=O) groups excluding carboxylic acids is 1. The quantitative estimate of drug-likeness (QED) is 0.769. The van der Waals surface area contributed by atoms with Gasteiger partial charge in [-0.1, -0.05) is 28.1 Å². The third-order valence-electron chi connectivity index (χ3n) is 3.32. The molecule has 1 aliphatic heterocycles. The number of hydrogen-bond donors (Lipinski definition) is 0. The molecule has 4 heteroatoms. The van der Waals surface area contributed by atoms with E-state index in [4.69, 9.17) is 9.47 Å². The van der Waals surface area contributed by atoms with Gasteiger partial charge in [-0.3, -0.25) is 4.79 Å². The van der Waals surface area contributed by atoms with Gasteiger partial charge < -0.3 is 9.47 Å². The molecule has 0 aliphatic carbocycles. The van der Waals surface area contributed by atoms with Gasteiger partial charge in [-0.05, 0) is 42.0 Å². The molecule has 0 saturated heterocycles. The van der Waals surface area contributed by atoms with Crippen LogP contribution in [-0.4, -0.2) is 19.5 Å². The number of rotatable bonds is 2. The summed E-state index contributed by atoms with van der Waals surface area (Å²) in [4.78, 5) is 12.5. The summed E-state index contributed by atoms with van der Waals surface area (Å²) in [5.74, 6) is 1.43. The molecule has 3 rings (SSSR count). The van der Waals surface area contributed by atoms with Gasteiger partial charge in [-0.2, -0.15) is 0 Å². The maximum absolute atomic E-state index is 12.5. The van der Waals surface area contributed by atoms with Crippen LogP contribution in [0.3, 0.4) is 0 Å². The molecule has 0 bridgehead atoms. The van der Waals surface area contributed by atoms with Gasteiger partial charge in [-0.15, -0.1) is 0 Å². The van der Waals surface area contributed by atoms with Crippen molar-refractivity contribution in [3.8, 4) is 11.5 Å². The van der Waals surface area contributed by atoms with Crippen molar-refractivity contribution in [2.75, 3.05) is 13.7 Å². The maximum Gasteiger partial charge on any atom is 0.196 e. The first kappa shape index (κ1) is 13.9. The lowest BCUT2D eigenvalue weighted by molar-refractivity contribution is 0.100. The van der Waals surface area contributed by atoms with Crippen molar-refractivity contribution in [2.24, 2.45) is 0 Å². The number of methoxy groups -OCH3 is 1. The highest BCUT2D eigenvalue weighted by Crippen LogP contribution is 2.30. The Balaban J connectivity index is 1.93. The van der Waals surface area contributed by atoms with E-state index in [0.717, 1.165) is 15.8 Å². The minimum absolute atomic E-state index is 0.00775. The van der Waals surface area contributed by atoms with Crippen molar-refractivity contribution < 1.29 is 14.3 Å². The molecule has 0 unspecified atom stereocenters. The number of ether oxygens (including phenoxy) is 2. The van der Waals surface area contributed by atoms with E-state index in [1.807, 2.05) is 42.5 Å². The second kappa shape index (κ2) is 5.74. The number of hydrogen-bond acceptors (Lipinski definition) is 3. The summed E-state index contributed by atoms with van der Waals surface area (Å²) in [5, 5.41) is 0. The molecule has 2 aromatic rings. The highest BCUT2D eigenvalue weighted by Gasteiger charge is 2.23. The zero-order valence-electron chi connectivity index (χ0n) is 11.4. The summed E-state index contributed by atoms with van der Waals surface area (Å²) in [5.41, 5.74) is 2.18. The molecule has 0 N–H and O–H groups in total. The summed E-state index contributed by atoms with van der Waals surface area (Å²) in [6.45, 7) is 0.291. The number of Topliss-reactive ketones (excluding diaryl/α,β-unsaturated/α-hetero) is 1. The average Bonchev–Trinajstić information content (AvgIpc) is 2.51. The molecule has 2 aromatic carbocycles. The first-order valence-corrected chi connectivity index (χ1v) is 7.28. The van der Waals surface area contributed by atoms with Gasteiger partial charge in [0.25, 0.3) is 0 Å². The second-order valence-corrected chi connectivity index (χ2v) is 5.62. The maximum atomic E-state index is 12.5. The van der Waals surface area contributed by atoms with Crippen molar-refractivity contribution in [1.82, 2.24) is 0 Å². The summed E-state index contributed by atoms with van der Waals surface area (Å²) < 4.78 is 11.6. The van der Waals surface area contributed by atoms with E-state index in [-0.39, 0.29) is 5.78 Å². The molecule has 0 fully saturated rings. The molecular formula is C17H13BrO3. The molecule has 1 aliphatic rings. The normalized spacial score (nSPS) is 15.5. The Hall–Kier alpha value is -2.07. The van der Waals surface area contributed by atoms with Crippen LogP contribution in [0.5, 0.6) is 11.5 Å². The van der Waals surface area contributed by atoms with Gasteiger partial charge in [0.1, 0.15) is 18.1 Å². The van der Waals surface area contributed by atoms with Crippen LogP contribution >= 0.6 is 15.9 Å². The molecule has 21 heavy (non-hydrogen) atoms. The number of carbonyl (C=O) groups is 1. The van der Waals surface area contributed by atoms with Crippen LogP contribution in [0.1, 0.15) is 15.9 Å². The van der Waals surface area contributed by atoms with Gasteiger partial charge in [0.15, 0.2) is 5.78 Å². The number of ketones is 1. The summed E-state index contributed by atoms with van der Waals surface area (Å²) in [6, 6.07) is 13.0. The predicted octanol–water partition coefficient (Wildman–Crippen LogP) is 4.12. The van der Waals surface area contributed by atoms with Crippen LogP contribution in [0, 0.1) is 0 Å². The minimum atomic E-state index is 0.00775. The topological polar surface area (TPSA) is 35.5 Å². The zero-order chi connectivity index (χ0) is 14.8. The molecular weight excluding hydrogens is 332 g/mol. The molecule has 1 heterocycles. The Labute approximate surface area is 131 Å². The molecule has 0 radical (unpaired) electrons. The first-order valence-electron chi connectivity index (χ1n) is 6.49. The Morgan fingerprint density at radius 2 is 1.95 bits per heavy atom. The van der Waals surface area contributed by atoms with Crippen LogP contribution in [0.2, 0.25) is 0 Å². The number of halogens is 1. The third kappa shape index (κ3) is 2.85. The molecule has 0 spiro atoms. The van der Waals surface area contributed by atoms with Crippen LogP contribution in [0.15, 0.2) is 52.5 Å². The van der Waals surface area contributed by atoms with Crippen molar-refractivity contribution in [2.45, 2.75) is 0 Å². The third-order valence-corrected chi connectivity index (χ3v) is 3.81. The lowest BCUT2D eigenvalue weighted by Crippen LogP contribution is -2.18. The van der Waals surface area contributed by atoms with Crippen LogP contribution in [0.25, 0.3) is 6.08 Å². The average molecular weight is 345 g/mol. The summed E-state index contributed by atoms with van der Waals surface area (Å²) in [6.07, 6.45) is 1.85. The van der Waals surface area contributed by atoms with Crippen LogP contribution in [0.4, 0.5) is 0 Å². The van der Waals surface area contributed by atoms with Crippen LogP contribution < -0.4 is 9.47 Å².